The summed E-state index contributed by atoms with van der Waals surface area (Å²) in [5, 5.41) is 0. The molecule has 14 heavy (non-hydrogen) atoms. The highest BCUT2D eigenvalue weighted by atomic mass is 16.6. The van der Waals surface area contributed by atoms with Crippen molar-refractivity contribution < 1.29 is 19.1 Å². The lowest BCUT2D eigenvalue weighted by atomic mass is 10.2. The number of carbonyl (C=O) groups is 2. The molecule has 0 heterocycles. The van der Waals surface area contributed by atoms with Crippen LogP contribution in [0.2, 0.25) is 0 Å². The first-order valence-electron chi connectivity index (χ1n) is 4.87. The first-order valence-corrected chi connectivity index (χ1v) is 4.87. The molecule has 1 unspecified atom stereocenters. The zero-order valence-electron chi connectivity index (χ0n) is 8.99. The first kappa shape index (κ1) is 12.9. The summed E-state index contributed by atoms with van der Waals surface area (Å²) in [5.74, 6) is -0.162. The lowest BCUT2D eigenvalue weighted by Gasteiger charge is -2.14. The maximum Gasteiger partial charge on any atom is 0.347 e. The summed E-state index contributed by atoms with van der Waals surface area (Å²) in [6, 6.07) is 0. The molecule has 0 aromatic heterocycles. The molecule has 0 saturated heterocycles. The molecule has 4 nitrogen and oxygen atoms in total. The molecule has 0 fully saturated rings. The summed E-state index contributed by atoms with van der Waals surface area (Å²) in [6.45, 7) is 6.46. The topological polar surface area (TPSA) is 52.6 Å². The minimum atomic E-state index is -0.740. The molecule has 0 radical (unpaired) electrons. The van der Waals surface area contributed by atoms with Gasteiger partial charge in [0.15, 0.2) is 6.10 Å². The summed E-state index contributed by atoms with van der Waals surface area (Å²) in [6.07, 6.45) is 0.543. The van der Waals surface area contributed by atoms with Crippen molar-refractivity contribution in [2.24, 2.45) is 5.92 Å². The van der Waals surface area contributed by atoms with Crippen LogP contribution in [-0.2, 0) is 19.1 Å². The molecule has 1 atom stereocenters. The zero-order chi connectivity index (χ0) is 11.0. The highest BCUT2D eigenvalue weighted by molar-refractivity contribution is 5.75. The number of carbonyl (C=O) groups excluding carboxylic acids is 2. The summed E-state index contributed by atoms with van der Waals surface area (Å²) >= 11 is 0. The lowest BCUT2D eigenvalue weighted by molar-refractivity contribution is -0.162. The van der Waals surface area contributed by atoms with E-state index in [1.54, 1.807) is 0 Å². The van der Waals surface area contributed by atoms with Crippen LogP contribution in [0.3, 0.4) is 0 Å². The van der Waals surface area contributed by atoms with E-state index in [1.807, 2.05) is 20.8 Å². The molecule has 0 aromatic rings. The summed E-state index contributed by atoms with van der Waals surface area (Å²) in [5.41, 5.74) is 0. The Balaban J connectivity index is 3.94. The van der Waals surface area contributed by atoms with Gasteiger partial charge < -0.3 is 9.47 Å². The SMILES string of the molecule is CCCC(OC=O)C(=O)OCC(C)C. The van der Waals surface area contributed by atoms with Crippen molar-refractivity contribution in [2.45, 2.75) is 39.7 Å². The van der Waals surface area contributed by atoms with Crippen LogP contribution in [0, 0.1) is 5.92 Å². The van der Waals surface area contributed by atoms with Crippen molar-refractivity contribution in [3.05, 3.63) is 0 Å². The van der Waals surface area contributed by atoms with Gasteiger partial charge in [0.05, 0.1) is 6.61 Å². The number of rotatable bonds is 7. The van der Waals surface area contributed by atoms with Crippen LogP contribution in [-0.4, -0.2) is 25.2 Å². The second kappa shape index (κ2) is 7.35. The molecule has 0 aromatic carbocycles. The van der Waals surface area contributed by atoms with E-state index in [4.69, 9.17) is 4.74 Å². The van der Waals surface area contributed by atoms with Crippen LogP contribution in [0.5, 0.6) is 0 Å². The number of hydrogen-bond acceptors (Lipinski definition) is 4. The molecule has 0 N–H and O–H groups in total. The molecule has 0 saturated carbocycles. The number of esters is 1. The summed E-state index contributed by atoms with van der Waals surface area (Å²) in [7, 11) is 0. The van der Waals surface area contributed by atoms with Crippen LogP contribution < -0.4 is 0 Å². The highest BCUT2D eigenvalue weighted by Gasteiger charge is 2.20. The normalized spacial score (nSPS) is 12.3. The molecular formula is C10H18O4. The van der Waals surface area contributed by atoms with Crippen LogP contribution in [0.4, 0.5) is 0 Å². The fourth-order valence-corrected chi connectivity index (χ4v) is 0.912. The summed E-state index contributed by atoms with van der Waals surface area (Å²) in [4.78, 5) is 21.4. The first-order chi connectivity index (χ1) is 6.61. The Labute approximate surface area is 84.6 Å². The monoisotopic (exact) mass is 202 g/mol. The quantitative estimate of drug-likeness (QED) is 0.464. The second-order valence-corrected chi connectivity index (χ2v) is 3.53. The molecule has 0 rings (SSSR count). The Hall–Kier alpha value is -1.06. The van der Waals surface area contributed by atoms with E-state index in [1.165, 1.54) is 0 Å². The standard InChI is InChI=1S/C10H18O4/c1-4-5-9(14-7-11)10(12)13-6-8(2)3/h7-9H,4-6H2,1-3H3. The van der Waals surface area contributed by atoms with Crippen LogP contribution in [0.25, 0.3) is 0 Å². The number of hydrogen-bond donors (Lipinski definition) is 0. The van der Waals surface area contributed by atoms with E-state index in [9.17, 15) is 9.59 Å². The van der Waals surface area contributed by atoms with Crippen molar-refractivity contribution in [1.29, 1.82) is 0 Å². The van der Waals surface area contributed by atoms with E-state index in [2.05, 4.69) is 4.74 Å². The second-order valence-electron chi connectivity index (χ2n) is 3.53. The molecule has 4 heteroatoms. The zero-order valence-corrected chi connectivity index (χ0v) is 8.99. The molecular weight excluding hydrogens is 184 g/mol. The van der Waals surface area contributed by atoms with Gasteiger partial charge in [-0.3, -0.25) is 4.79 Å². The Morgan fingerprint density at radius 2 is 2.07 bits per heavy atom. The van der Waals surface area contributed by atoms with Gasteiger partial charge in [-0.05, 0) is 12.3 Å². The number of ether oxygens (including phenoxy) is 2. The Morgan fingerprint density at radius 3 is 2.50 bits per heavy atom. The van der Waals surface area contributed by atoms with Crippen molar-refractivity contribution >= 4 is 12.4 Å². The van der Waals surface area contributed by atoms with Gasteiger partial charge in [-0.1, -0.05) is 27.2 Å². The molecule has 0 spiro atoms. The Morgan fingerprint density at radius 1 is 1.43 bits per heavy atom. The van der Waals surface area contributed by atoms with Gasteiger partial charge in [-0.15, -0.1) is 0 Å². The smallest absolute Gasteiger partial charge is 0.347 e. The maximum atomic E-state index is 11.3. The van der Waals surface area contributed by atoms with Gasteiger partial charge in [-0.2, -0.15) is 0 Å². The van der Waals surface area contributed by atoms with Gasteiger partial charge in [0.1, 0.15) is 0 Å². The van der Waals surface area contributed by atoms with Crippen molar-refractivity contribution in [2.75, 3.05) is 6.61 Å². The van der Waals surface area contributed by atoms with E-state index in [0.29, 0.717) is 13.0 Å². The van der Waals surface area contributed by atoms with Crippen LogP contribution in [0.15, 0.2) is 0 Å². The molecule has 0 aliphatic heterocycles. The van der Waals surface area contributed by atoms with E-state index >= 15 is 0 Å². The minimum absolute atomic E-state index is 0.289. The van der Waals surface area contributed by atoms with Gasteiger partial charge in [0, 0.05) is 0 Å². The van der Waals surface area contributed by atoms with E-state index in [0.717, 1.165) is 6.42 Å². The predicted molar refractivity (Wildman–Crippen MR) is 51.6 cm³/mol. The van der Waals surface area contributed by atoms with Crippen molar-refractivity contribution in [1.82, 2.24) is 0 Å². The Kier molecular flexibility index (Phi) is 6.80. The van der Waals surface area contributed by atoms with Crippen molar-refractivity contribution in [3.8, 4) is 0 Å². The predicted octanol–water partition coefficient (Wildman–Crippen LogP) is 1.53. The van der Waals surface area contributed by atoms with Crippen molar-refractivity contribution in [3.63, 3.8) is 0 Å². The van der Waals surface area contributed by atoms with E-state index in [-0.39, 0.29) is 12.4 Å². The molecule has 0 aliphatic carbocycles. The fourth-order valence-electron chi connectivity index (χ4n) is 0.912. The fraction of sp³-hybridized carbons (Fsp3) is 0.800. The third-order valence-electron chi connectivity index (χ3n) is 1.59. The molecule has 0 amide bonds. The molecule has 82 valence electrons. The lowest BCUT2D eigenvalue weighted by Crippen LogP contribution is -2.27. The molecule has 0 bridgehead atoms. The average molecular weight is 202 g/mol. The van der Waals surface area contributed by atoms with Gasteiger partial charge in [0.2, 0.25) is 0 Å². The average Bonchev–Trinajstić information content (AvgIpc) is 2.14. The van der Waals surface area contributed by atoms with Gasteiger partial charge in [0.25, 0.3) is 6.47 Å². The minimum Gasteiger partial charge on any atom is -0.463 e. The van der Waals surface area contributed by atoms with Crippen LogP contribution in [0.1, 0.15) is 33.6 Å². The molecule has 0 aliphatic rings. The van der Waals surface area contributed by atoms with Crippen LogP contribution >= 0.6 is 0 Å². The van der Waals surface area contributed by atoms with Gasteiger partial charge >= 0.3 is 5.97 Å². The van der Waals surface area contributed by atoms with E-state index < -0.39 is 12.1 Å². The maximum absolute atomic E-state index is 11.3. The Bertz CT molecular complexity index is 177. The summed E-state index contributed by atoms with van der Waals surface area (Å²) < 4.78 is 9.57. The highest BCUT2D eigenvalue weighted by Crippen LogP contribution is 2.04. The largest absolute Gasteiger partial charge is 0.463 e. The third kappa shape index (κ3) is 5.56. The van der Waals surface area contributed by atoms with Gasteiger partial charge in [-0.25, -0.2) is 4.79 Å². The third-order valence-corrected chi connectivity index (χ3v) is 1.59.